The second kappa shape index (κ2) is 6.18. The summed E-state index contributed by atoms with van der Waals surface area (Å²) in [5.41, 5.74) is 2.87. The normalized spacial score (nSPS) is 25.2. The van der Waals surface area contributed by atoms with Crippen LogP contribution in [0.3, 0.4) is 0 Å². The second-order valence-electron chi connectivity index (χ2n) is 6.76. The summed E-state index contributed by atoms with van der Waals surface area (Å²) in [7, 11) is 2.10. The number of amides is 1. The van der Waals surface area contributed by atoms with Gasteiger partial charge < -0.3 is 4.90 Å². The number of carbonyl (C=O) groups excluding carboxylic acids is 1. The molecule has 2 aliphatic rings. The molecule has 0 saturated carbocycles. The molecule has 1 heterocycles. The first kappa shape index (κ1) is 14.6. The summed E-state index contributed by atoms with van der Waals surface area (Å²) in [4.78, 5) is 16.8. The van der Waals surface area contributed by atoms with E-state index in [0.29, 0.717) is 24.4 Å². The minimum atomic E-state index is 0.299. The highest BCUT2D eigenvalue weighted by molar-refractivity contribution is 5.78. The highest BCUT2D eigenvalue weighted by Gasteiger charge is 2.28. The Balaban J connectivity index is 1.62. The Morgan fingerprint density at radius 1 is 1.33 bits per heavy atom. The molecule has 3 nitrogen and oxygen atoms in total. The van der Waals surface area contributed by atoms with Gasteiger partial charge >= 0.3 is 0 Å². The van der Waals surface area contributed by atoms with E-state index in [1.165, 1.54) is 17.5 Å². The summed E-state index contributed by atoms with van der Waals surface area (Å²) >= 11 is 0. The molecule has 0 N–H and O–H groups in total. The largest absolute Gasteiger partial charge is 0.341 e. The van der Waals surface area contributed by atoms with E-state index >= 15 is 0 Å². The zero-order valence-electron chi connectivity index (χ0n) is 13.2. The Morgan fingerprint density at radius 2 is 2.14 bits per heavy atom. The molecule has 1 amide bonds. The molecule has 114 valence electrons. The predicted molar refractivity (Wildman–Crippen MR) is 85.1 cm³/mol. The molecule has 0 radical (unpaired) electrons. The van der Waals surface area contributed by atoms with Crippen LogP contribution in [0.4, 0.5) is 0 Å². The van der Waals surface area contributed by atoms with E-state index in [9.17, 15) is 4.79 Å². The molecular weight excluding hydrogens is 260 g/mol. The molecule has 0 bridgehead atoms. The van der Waals surface area contributed by atoms with Crippen LogP contribution in [0.1, 0.15) is 43.4 Å². The van der Waals surface area contributed by atoms with Crippen LogP contribution in [0.5, 0.6) is 0 Å². The molecule has 0 aromatic heterocycles. The van der Waals surface area contributed by atoms with Crippen LogP contribution in [0.25, 0.3) is 0 Å². The lowest BCUT2D eigenvalue weighted by Gasteiger charge is -2.33. The summed E-state index contributed by atoms with van der Waals surface area (Å²) in [6.45, 7) is 4.67. The molecule has 0 spiro atoms. The Hall–Kier alpha value is -1.35. The van der Waals surface area contributed by atoms with Crippen molar-refractivity contribution in [3.63, 3.8) is 0 Å². The number of benzene rings is 1. The SMILES string of the molecule is CC1CCCN(C(=O)CN(C)C2CCc3ccccc32)C1. The van der Waals surface area contributed by atoms with Crippen molar-refractivity contribution in [2.24, 2.45) is 5.92 Å². The maximum absolute atomic E-state index is 12.5. The van der Waals surface area contributed by atoms with Crippen molar-refractivity contribution in [1.82, 2.24) is 9.80 Å². The number of hydrogen-bond donors (Lipinski definition) is 0. The van der Waals surface area contributed by atoms with Crippen molar-refractivity contribution in [2.75, 3.05) is 26.7 Å². The summed E-state index contributed by atoms with van der Waals surface area (Å²) < 4.78 is 0. The van der Waals surface area contributed by atoms with Crippen LogP contribution in [0, 0.1) is 5.92 Å². The number of hydrogen-bond acceptors (Lipinski definition) is 2. The number of aryl methyl sites for hydroxylation is 1. The average Bonchev–Trinajstić information content (AvgIpc) is 2.91. The van der Waals surface area contributed by atoms with Crippen LogP contribution < -0.4 is 0 Å². The van der Waals surface area contributed by atoms with E-state index in [2.05, 4.69) is 48.0 Å². The van der Waals surface area contributed by atoms with Gasteiger partial charge in [0.05, 0.1) is 6.54 Å². The summed E-state index contributed by atoms with van der Waals surface area (Å²) in [6, 6.07) is 9.07. The van der Waals surface area contributed by atoms with Crippen molar-refractivity contribution in [2.45, 2.75) is 38.6 Å². The molecular formula is C18H26N2O. The van der Waals surface area contributed by atoms with Gasteiger partial charge in [-0.25, -0.2) is 0 Å². The molecule has 1 aromatic carbocycles. The van der Waals surface area contributed by atoms with Crippen LogP contribution in [0.2, 0.25) is 0 Å². The standard InChI is InChI=1S/C18H26N2O/c1-14-6-5-11-20(12-14)18(21)13-19(2)17-10-9-15-7-3-4-8-16(15)17/h3-4,7-8,14,17H,5-6,9-13H2,1-2H3. The zero-order chi connectivity index (χ0) is 14.8. The van der Waals surface area contributed by atoms with Gasteiger partial charge in [0.25, 0.3) is 0 Å². The van der Waals surface area contributed by atoms with Crippen LogP contribution in [-0.2, 0) is 11.2 Å². The Bertz CT molecular complexity index is 514. The van der Waals surface area contributed by atoms with Crippen LogP contribution >= 0.6 is 0 Å². The third kappa shape index (κ3) is 3.13. The third-order valence-corrected chi connectivity index (χ3v) is 5.03. The van der Waals surface area contributed by atoms with Crippen molar-refractivity contribution in [3.05, 3.63) is 35.4 Å². The molecule has 1 fully saturated rings. The molecule has 2 unspecified atom stereocenters. The quantitative estimate of drug-likeness (QED) is 0.853. The van der Waals surface area contributed by atoms with Gasteiger partial charge in [-0.1, -0.05) is 31.2 Å². The fraction of sp³-hybridized carbons (Fsp3) is 0.611. The second-order valence-corrected chi connectivity index (χ2v) is 6.76. The Labute approximate surface area is 127 Å². The first-order valence-corrected chi connectivity index (χ1v) is 8.21. The lowest BCUT2D eigenvalue weighted by molar-refractivity contribution is -0.134. The fourth-order valence-corrected chi connectivity index (χ4v) is 3.83. The Kier molecular flexibility index (Phi) is 4.29. The first-order chi connectivity index (χ1) is 10.1. The van der Waals surface area contributed by atoms with Gasteiger partial charge in [0.2, 0.25) is 5.91 Å². The maximum atomic E-state index is 12.5. The number of piperidine rings is 1. The van der Waals surface area contributed by atoms with Gasteiger partial charge in [0.1, 0.15) is 0 Å². The molecule has 3 rings (SSSR count). The molecule has 2 atom stereocenters. The monoisotopic (exact) mass is 286 g/mol. The molecule has 3 heteroatoms. The van der Waals surface area contributed by atoms with E-state index in [-0.39, 0.29) is 0 Å². The van der Waals surface area contributed by atoms with E-state index in [1.807, 2.05) is 0 Å². The maximum Gasteiger partial charge on any atom is 0.236 e. The average molecular weight is 286 g/mol. The van der Waals surface area contributed by atoms with E-state index < -0.39 is 0 Å². The Morgan fingerprint density at radius 3 is 2.95 bits per heavy atom. The highest BCUT2D eigenvalue weighted by Crippen LogP contribution is 2.34. The topological polar surface area (TPSA) is 23.6 Å². The molecule has 1 saturated heterocycles. The third-order valence-electron chi connectivity index (χ3n) is 5.03. The van der Waals surface area contributed by atoms with Gasteiger partial charge in [-0.2, -0.15) is 0 Å². The minimum absolute atomic E-state index is 0.299. The smallest absolute Gasteiger partial charge is 0.236 e. The van der Waals surface area contributed by atoms with E-state index in [1.54, 1.807) is 0 Å². The number of likely N-dealkylation sites (tertiary alicyclic amines) is 1. The van der Waals surface area contributed by atoms with Gasteiger partial charge in [0, 0.05) is 19.1 Å². The van der Waals surface area contributed by atoms with Gasteiger partial charge in [-0.15, -0.1) is 0 Å². The number of fused-ring (bicyclic) bond motifs is 1. The number of carbonyl (C=O) groups is 1. The van der Waals surface area contributed by atoms with Gasteiger partial charge in [-0.05, 0) is 49.8 Å². The summed E-state index contributed by atoms with van der Waals surface area (Å²) in [5, 5.41) is 0. The van der Waals surface area contributed by atoms with Gasteiger partial charge in [0.15, 0.2) is 0 Å². The van der Waals surface area contributed by atoms with Crippen molar-refractivity contribution >= 4 is 5.91 Å². The molecule has 1 aliphatic carbocycles. The van der Waals surface area contributed by atoms with Crippen molar-refractivity contribution in [3.8, 4) is 0 Å². The van der Waals surface area contributed by atoms with Crippen molar-refractivity contribution < 1.29 is 4.79 Å². The lowest BCUT2D eigenvalue weighted by atomic mass is 10.0. The zero-order valence-corrected chi connectivity index (χ0v) is 13.2. The number of likely N-dealkylation sites (N-methyl/N-ethyl adjacent to an activating group) is 1. The minimum Gasteiger partial charge on any atom is -0.341 e. The van der Waals surface area contributed by atoms with Crippen molar-refractivity contribution in [1.29, 1.82) is 0 Å². The summed E-state index contributed by atoms with van der Waals surface area (Å²) in [5.74, 6) is 0.952. The van der Waals surface area contributed by atoms with Gasteiger partial charge in [-0.3, -0.25) is 9.69 Å². The van der Waals surface area contributed by atoms with Crippen LogP contribution in [0.15, 0.2) is 24.3 Å². The number of nitrogens with zero attached hydrogens (tertiary/aromatic N) is 2. The first-order valence-electron chi connectivity index (χ1n) is 8.21. The van der Waals surface area contributed by atoms with Crippen LogP contribution in [-0.4, -0.2) is 42.4 Å². The number of rotatable bonds is 3. The highest BCUT2D eigenvalue weighted by atomic mass is 16.2. The lowest BCUT2D eigenvalue weighted by Crippen LogP contribution is -2.44. The fourth-order valence-electron chi connectivity index (χ4n) is 3.83. The van der Waals surface area contributed by atoms with E-state index in [4.69, 9.17) is 0 Å². The molecule has 1 aromatic rings. The molecule has 21 heavy (non-hydrogen) atoms. The summed E-state index contributed by atoms with van der Waals surface area (Å²) in [6.07, 6.45) is 4.69. The molecule has 1 aliphatic heterocycles. The predicted octanol–water partition coefficient (Wildman–Crippen LogP) is 2.86. The van der Waals surface area contributed by atoms with E-state index in [0.717, 1.165) is 32.4 Å².